The van der Waals surface area contributed by atoms with Crippen molar-refractivity contribution in [3.8, 4) is 0 Å². The number of piperazine rings is 1. The smallest absolute Gasteiger partial charge is 0.240 e. The van der Waals surface area contributed by atoms with E-state index in [1.165, 1.54) is 11.3 Å². The zero-order valence-corrected chi connectivity index (χ0v) is 8.71. The summed E-state index contributed by atoms with van der Waals surface area (Å²) < 4.78 is 0. The second kappa shape index (κ2) is 3.95. The molecule has 1 fully saturated rings. The number of amides is 2. The Morgan fingerprint density at radius 3 is 2.67 bits per heavy atom. The minimum Gasteiger partial charge on any atom is -0.375 e. The molecule has 1 aromatic heterocycles. The van der Waals surface area contributed by atoms with Gasteiger partial charge < -0.3 is 5.73 Å². The molecule has 0 aromatic carbocycles. The number of nitrogens with zero attached hydrogens (tertiary/aromatic N) is 2. The third-order valence-corrected chi connectivity index (χ3v) is 2.69. The van der Waals surface area contributed by atoms with Gasteiger partial charge in [0.25, 0.3) is 0 Å². The van der Waals surface area contributed by atoms with Gasteiger partial charge in [0.15, 0.2) is 5.13 Å². The lowest BCUT2D eigenvalue weighted by molar-refractivity contribution is -0.136. The van der Waals surface area contributed by atoms with Gasteiger partial charge in [0, 0.05) is 11.9 Å². The number of thiazole rings is 1. The van der Waals surface area contributed by atoms with E-state index in [1.54, 1.807) is 4.90 Å². The van der Waals surface area contributed by atoms with Crippen LogP contribution in [0.4, 0.5) is 5.13 Å². The number of nitrogen functional groups attached to an aromatic ring is 1. The van der Waals surface area contributed by atoms with Crippen molar-refractivity contribution in [2.75, 3.05) is 18.8 Å². The molecule has 7 heteroatoms. The van der Waals surface area contributed by atoms with Crippen molar-refractivity contribution in [3.05, 3.63) is 11.1 Å². The molecule has 0 radical (unpaired) electrons. The lowest BCUT2D eigenvalue weighted by Crippen LogP contribution is -2.50. The van der Waals surface area contributed by atoms with E-state index in [9.17, 15) is 9.59 Å². The molecule has 2 amide bonds. The summed E-state index contributed by atoms with van der Waals surface area (Å²) in [6.45, 7) is 0.930. The van der Waals surface area contributed by atoms with Crippen LogP contribution in [0.15, 0.2) is 5.38 Å². The van der Waals surface area contributed by atoms with Gasteiger partial charge in [-0.1, -0.05) is 0 Å². The van der Waals surface area contributed by atoms with Crippen LogP contribution in [0.3, 0.4) is 0 Å². The number of anilines is 1. The maximum Gasteiger partial charge on any atom is 0.240 e. The quantitative estimate of drug-likeness (QED) is 0.643. The lowest BCUT2D eigenvalue weighted by atomic mass is 10.3. The number of nitrogens with two attached hydrogens (primary N) is 1. The first-order valence-corrected chi connectivity index (χ1v) is 5.26. The Morgan fingerprint density at radius 1 is 1.47 bits per heavy atom. The summed E-state index contributed by atoms with van der Waals surface area (Å²) >= 11 is 1.35. The number of imide groups is 1. The van der Waals surface area contributed by atoms with E-state index in [4.69, 9.17) is 5.73 Å². The molecule has 0 spiro atoms. The number of carbonyl (C=O) groups excluding carboxylic acids is 2. The topological polar surface area (TPSA) is 88.3 Å². The number of rotatable bonds is 2. The first-order chi connectivity index (χ1) is 7.13. The van der Waals surface area contributed by atoms with Gasteiger partial charge in [-0.15, -0.1) is 11.3 Å². The minimum atomic E-state index is -0.269. The molecule has 0 bridgehead atoms. The van der Waals surface area contributed by atoms with Crippen LogP contribution in [0.2, 0.25) is 0 Å². The van der Waals surface area contributed by atoms with E-state index in [0.29, 0.717) is 11.7 Å². The van der Waals surface area contributed by atoms with Crippen molar-refractivity contribution in [2.45, 2.75) is 6.54 Å². The summed E-state index contributed by atoms with van der Waals surface area (Å²) in [5, 5.41) is 4.56. The van der Waals surface area contributed by atoms with Gasteiger partial charge in [-0.2, -0.15) is 0 Å². The molecular formula is C8H10N4O2S. The van der Waals surface area contributed by atoms with Gasteiger partial charge in [0.05, 0.1) is 18.8 Å². The Balaban J connectivity index is 2.00. The maximum absolute atomic E-state index is 11.1. The summed E-state index contributed by atoms with van der Waals surface area (Å²) in [6.07, 6.45) is 0. The summed E-state index contributed by atoms with van der Waals surface area (Å²) in [6, 6.07) is 0. The normalized spacial score (nSPS) is 17.9. The van der Waals surface area contributed by atoms with Crippen molar-refractivity contribution in [3.63, 3.8) is 0 Å². The van der Waals surface area contributed by atoms with Gasteiger partial charge in [0.1, 0.15) is 0 Å². The first kappa shape index (κ1) is 10.1. The Bertz CT molecular complexity index is 387. The van der Waals surface area contributed by atoms with E-state index in [0.717, 1.165) is 5.69 Å². The lowest BCUT2D eigenvalue weighted by Gasteiger charge is -2.24. The molecule has 2 heterocycles. The number of hydrogen-bond donors (Lipinski definition) is 2. The summed E-state index contributed by atoms with van der Waals surface area (Å²) in [7, 11) is 0. The third-order valence-electron chi connectivity index (χ3n) is 1.97. The van der Waals surface area contributed by atoms with Crippen molar-refractivity contribution in [2.24, 2.45) is 0 Å². The molecule has 0 saturated carbocycles. The Hall–Kier alpha value is -1.47. The molecule has 0 unspecified atom stereocenters. The molecule has 1 aliphatic heterocycles. The molecule has 15 heavy (non-hydrogen) atoms. The van der Waals surface area contributed by atoms with Crippen LogP contribution >= 0.6 is 11.3 Å². The second-order valence-electron chi connectivity index (χ2n) is 3.29. The van der Waals surface area contributed by atoms with E-state index < -0.39 is 0 Å². The highest BCUT2D eigenvalue weighted by molar-refractivity contribution is 7.13. The van der Waals surface area contributed by atoms with Gasteiger partial charge >= 0.3 is 0 Å². The van der Waals surface area contributed by atoms with E-state index in [1.807, 2.05) is 5.38 Å². The monoisotopic (exact) mass is 226 g/mol. The Kier molecular flexibility index (Phi) is 2.65. The van der Waals surface area contributed by atoms with E-state index in [2.05, 4.69) is 10.3 Å². The Labute approximate surface area is 90.1 Å². The fraction of sp³-hybridized carbons (Fsp3) is 0.375. The van der Waals surface area contributed by atoms with Crippen LogP contribution in [-0.2, 0) is 16.1 Å². The molecular weight excluding hydrogens is 216 g/mol. The Morgan fingerprint density at radius 2 is 2.13 bits per heavy atom. The molecule has 6 nitrogen and oxygen atoms in total. The fourth-order valence-electron chi connectivity index (χ4n) is 1.43. The zero-order chi connectivity index (χ0) is 10.8. The molecule has 2 rings (SSSR count). The fourth-order valence-corrected chi connectivity index (χ4v) is 1.99. The van der Waals surface area contributed by atoms with Crippen LogP contribution in [0, 0.1) is 0 Å². The molecule has 80 valence electrons. The molecule has 1 aromatic rings. The van der Waals surface area contributed by atoms with Gasteiger partial charge in [-0.3, -0.25) is 19.8 Å². The number of nitrogens with one attached hydrogen (secondary N) is 1. The summed E-state index contributed by atoms with van der Waals surface area (Å²) in [5.74, 6) is -0.538. The van der Waals surface area contributed by atoms with Gasteiger partial charge in [0.2, 0.25) is 11.8 Å². The van der Waals surface area contributed by atoms with Gasteiger partial charge in [-0.05, 0) is 0 Å². The SMILES string of the molecule is Nc1nc(CN2CC(=O)NC(=O)C2)cs1. The first-order valence-electron chi connectivity index (χ1n) is 4.38. The molecule has 0 atom stereocenters. The predicted molar refractivity (Wildman–Crippen MR) is 55.0 cm³/mol. The summed E-state index contributed by atoms with van der Waals surface area (Å²) in [5.41, 5.74) is 6.27. The third kappa shape index (κ3) is 2.51. The standard InChI is InChI=1S/C8H10N4O2S/c9-8-10-5(4-15-8)1-12-2-6(13)11-7(14)3-12/h4H,1-3H2,(H2,9,10)(H,11,13,14). The molecule has 1 saturated heterocycles. The average molecular weight is 226 g/mol. The average Bonchev–Trinajstić information content (AvgIpc) is 2.49. The maximum atomic E-state index is 11.1. The highest BCUT2D eigenvalue weighted by Crippen LogP contribution is 2.13. The molecule has 0 aliphatic carbocycles. The number of aromatic nitrogens is 1. The van der Waals surface area contributed by atoms with Crippen molar-refractivity contribution in [1.82, 2.24) is 15.2 Å². The van der Waals surface area contributed by atoms with Crippen LogP contribution < -0.4 is 11.1 Å². The van der Waals surface area contributed by atoms with Crippen LogP contribution in [0.1, 0.15) is 5.69 Å². The number of carbonyl (C=O) groups is 2. The largest absolute Gasteiger partial charge is 0.375 e. The van der Waals surface area contributed by atoms with E-state index in [-0.39, 0.29) is 24.9 Å². The van der Waals surface area contributed by atoms with Crippen molar-refractivity contribution >= 4 is 28.3 Å². The predicted octanol–water partition coefficient (Wildman–Crippen LogP) is -0.816. The van der Waals surface area contributed by atoms with Crippen molar-refractivity contribution < 1.29 is 9.59 Å². The molecule has 3 N–H and O–H groups in total. The highest BCUT2D eigenvalue weighted by Gasteiger charge is 2.22. The van der Waals surface area contributed by atoms with Crippen LogP contribution in [0.5, 0.6) is 0 Å². The number of hydrogen-bond acceptors (Lipinski definition) is 6. The van der Waals surface area contributed by atoms with Gasteiger partial charge in [-0.25, -0.2) is 4.98 Å². The summed E-state index contributed by atoms with van der Waals surface area (Å²) in [4.78, 5) is 27.9. The zero-order valence-electron chi connectivity index (χ0n) is 7.90. The van der Waals surface area contributed by atoms with Crippen molar-refractivity contribution in [1.29, 1.82) is 0 Å². The highest BCUT2D eigenvalue weighted by atomic mass is 32.1. The molecule has 1 aliphatic rings. The van der Waals surface area contributed by atoms with E-state index >= 15 is 0 Å². The van der Waals surface area contributed by atoms with Crippen LogP contribution in [-0.4, -0.2) is 34.8 Å². The minimum absolute atomic E-state index is 0.225. The second-order valence-corrected chi connectivity index (χ2v) is 4.18. The van der Waals surface area contributed by atoms with Crippen LogP contribution in [0.25, 0.3) is 0 Å².